The summed E-state index contributed by atoms with van der Waals surface area (Å²) in [7, 11) is 0. The molecule has 27 heavy (non-hydrogen) atoms. The Hall–Kier alpha value is -3.25. The summed E-state index contributed by atoms with van der Waals surface area (Å²) in [6, 6.07) is 13.0. The first kappa shape index (κ1) is 17.2. The van der Waals surface area contributed by atoms with Crippen LogP contribution >= 0.6 is 11.6 Å². The number of nitrogens with one attached hydrogen (secondary N) is 1. The number of hydrogen-bond donors (Lipinski definition) is 1. The highest BCUT2D eigenvalue weighted by Crippen LogP contribution is 2.27. The molecule has 2 amide bonds. The molecule has 1 aliphatic heterocycles. The molecule has 0 unspecified atom stereocenters. The van der Waals surface area contributed by atoms with E-state index in [0.29, 0.717) is 11.1 Å². The molecule has 1 aliphatic carbocycles. The second-order valence-corrected chi connectivity index (χ2v) is 6.51. The number of halogens is 1. The summed E-state index contributed by atoms with van der Waals surface area (Å²) in [5.74, 6) is -1.59. The molecular formula is C20H13ClN2O4. The molecule has 7 heteroatoms. The number of allylic oxidation sites excluding steroid dienone is 2. The van der Waals surface area contributed by atoms with Crippen LogP contribution in [0.3, 0.4) is 0 Å². The number of nitrogens with zero attached hydrogens (tertiary/aromatic N) is 1. The monoisotopic (exact) mass is 380 g/mol. The lowest BCUT2D eigenvalue weighted by atomic mass is 9.92. The molecule has 6 nitrogen and oxygen atoms in total. The van der Waals surface area contributed by atoms with E-state index in [1.165, 1.54) is 0 Å². The van der Waals surface area contributed by atoms with Gasteiger partial charge in [0, 0.05) is 24.2 Å². The van der Waals surface area contributed by atoms with Gasteiger partial charge in [0.25, 0.3) is 11.8 Å². The molecule has 0 fully saturated rings. The van der Waals surface area contributed by atoms with Gasteiger partial charge in [-0.2, -0.15) is 0 Å². The van der Waals surface area contributed by atoms with Crippen LogP contribution in [0.15, 0.2) is 59.3 Å². The quantitative estimate of drug-likeness (QED) is 0.823. The first-order valence-corrected chi connectivity index (χ1v) is 8.66. The molecule has 0 saturated carbocycles. The Balaban J connectivity index is 1.50. The van der Waals surface area contributed by atoms with Gasteiger partial charge in [0.15, 0.2) is 0 Å². The van der Waals surface area contributed by atoms with E-state index in [1.54, 1.807) is 48.5 Å². The number of fused-ring (bicyclic) bond motifs is 2. The summed E-state index contributed by atoms with van der Waals surface area (Å²) in [4.78, 5) is 50.8. The maximum absolute atomic E-state index is 12.6. The van der Waals surface area contributed by atoms with Gasteiger partial charge in [0.1, 0.15) is 10.7 Å². The molecular weight excluding hydrogens is 368 g/mol. The van der Waals surface area contributed by atoms with Crippen LogP contribution in [0.5, 0.6) is 0 Å². The van der Waals surface area contributed by atoms with Gasteiger partial charge in [-0.15, -0.1) is 0 Å². The van der Waals surface area contributed by atoms with Crippen molar-refractivity contribution in [1.29, 1.82) is 0 Å². The highest BCUT2D eigenvalue weighted by molar-refractivity contribution is 6.49. The van der Waals surface area contributed by atoms with E-state index in [9.17, 15) is 19.2 Å². The molecule has 0 saturated heterocycles. The van der Waals surface area contributed by atoms with Crippen LogP contribution in [0, 0.1) is 0 Å². The Morgan fingerprint density at radius 1 is 0.741 bits per heavy atom. The van der Waals surface area contributed by atoms with Gasteiger partial charge in [-0.1, -0.05) is 48.0 Å². The van der Waals surface area contributed by atoms with Gasteiger partial charge >= 0.3 is 0 Å². The molecule has 2 aromatic rings. The maximum Gasteiger partial charge on any atom is 0.261 e. The Bertz CT molecular complexity index is 1020. The minimum absolute atomic E-state index is 0.0167. The van der Waals surface area contributed by atoms with Gasteiger partial charge in [0.05, 0.1) is 11.1 Å². The van der Waals surface area contributed by atoms with Crippen molar-refractivity contribution in [3.8, 4) is 0 Å². The van der Waals surface area contributed by atoms with E-state index in [0.717, 1.165) is 4.90 Å². The summed E-state index contributed by atoms with van der Waals surface area (Å²) < 4.78 is 0. The molecule has 4 rings (SSSR count). The number of benzene rings is 2. The lowest BCUT2D eigenvalue weighted by molar-refractivity contribution is 0.0656. The van der Waals surface area contributed by atoms with Crippen molar-refractivity contribution in [1.82, 2.24) is 10.2 Å². The molecule has 0 bridgehead atoms. The predicted octanol–water partition coefficient (Wildman–Crippen LogP) is 2.40. The Labute approximate surface area is 159 Å². The van der Waals surface area contributed by atoms with Crippen molar-refractivity contribution < 1.29 is 19.2 Å². The fraction of sp³-hybridized carbons (Fsp3) is 0.100. The topological polar surface area (TPSA) is 83.6 Å². The summed E-state index contributed by atoms with van der Waals surface area (Å²) in [6.07, 6.45) is 0. The first-order valence-electron chi connectivity index (χ1n) is 8.28. The summed E-state index contributed by atoms with van der Waals surface area (Å²) in [5.41, 5.74) is 1.24. The van der Waals surface area contributed by atoms with E-state index in [-0.39, 0.29) is 46.8 Å². The summed E-state index contributed by atoms with van der Waals surface area (Å²) in [6.45, 7) is 0.140. The number of Topliss-reactive ketones (excluding diaryl/α,β-unsaturated/α-hetero) is 2. The highest BCUT2D eigenvalue weighted by atomic mass is 35.5. The minimum atomic E-state index is -0.435. The molecule has 0 radical (unpaired) electrons. The third-order valence-corrected chi connectivity index (χ3v) is 4.94. The number of carbonyl (C=O) groups is 4. The van der Waals surface area contributed by atoms with Crippen molar-refractivity contribution >= 4 is 35.0 Å². The third-order valence-electron chi connectivity index (χ3n) is 4.58. The Morgan fingerprint density at radius 3 is 1.78 bits per heavy atom. The number of hydrogen-bond acceptors (Lipinski definition) is 5. The van der Waals surface area contributed by atoms with Crippen molar-refractivity contribution in [3.63, 3.8) is 0 Å². The molecule has 2 aliphatic rings. The lowest BCUT2D eigenvalue weighted by Gasteiger charge is -2.20. The van der Waals surface area contributed by atoms with Crippen molar-refractivity contribution in [3.05, 3.63) is 81.5 Å². The van der Waals surface area contributed by atoms with Crippen molar-refractivity contribution in [2.45, 2.75) is 0 Å². The second kappa shape index (κ2) is 6.48. The molecule has 0 atom stereocenters. The number of imide groups is 1. The average molecular weight is 381 g/mol. The summed E-state index contributed by atoms with van der Waals surface area (Å²) in [5, 5.41) is 2.62. The van der Waals surface area contributed by atoms with Gasteiger partial charge in [0.2, 0.25) is 11.6 Å². The zero-order chi connectivity index (χ0) is 19.1. The third kappa shape index (κ3) is 2.65. The minimum Gasteiger partial charge on any atom is -0.379 e. The predicted molar refractivity (Wildman–Crippen MR) is 97.8 cm³/mol. The number of rotatable bonds is 4. The largest absolute Gasteiger partial charge is 0.379 e. The van der Waals surface area contributed by atoms with Gasteiger partial charge in [-0.25, -0.2) is 0 Å². The fourth-order valence-electron chi connectivity index (χ4n) is 3.24. The zero-order valence-electron chi connectivity index (χ0n) is 14.0. The smallest absolute Gasteiger partial charge is 0.261 e. The highest BCUT2D eigenvalue weighted by Gasteiger charge is 2.35. The number of ketones is 2. The number of amides is 2. The van der Waals surface area contributed by atoms with E-state index >= 15 is 0 Å². The number of carbonyl (C=O) groups excluding carboxylic acids is 4. The molecule has 134 valence electrons. The van der Waals surface area contributed by atoms with Gasteiger partial charge < -0.3 is 5.32 Å². The maximum atomic E-state index is 12.6. The van der Waals surface area contributed by atoms with E-state index in [1.807, 2.05) is 0 Å². The molecule has 1 N–H and O–H groups in total. The summed E-state index contributed by atoms with van der Waals surface area (Å²) >= 11 is 6.08. The SMILES string of the molecule is O=C1C(Cl)=C(NCCN2C(=O)c3ccccc3C2=O)C(=O)c2ccccc21. The van der Waals surface area contributed by atoms with E-state index in [2.05, 4.69) is 5.32 Å². The van der Waals surface area contributed by atoms with Crippen LogP contribution in [-0.4, -0.2) is 41.4 Å². The van der Waals surface area contributed by atoms with Crippen LogP contribution in [0.25, 0.3) is 0 Å². The standard InChI is InChI=1S/C20H13ClN2O4/c21-15-16(18(25)12-6-2-1-5-11(12)17(15)24)22-9-10-23-19(26)13-7-3-4-8-14(13)20(23)27/h1-8,22H,9-10H2. The first-order chi connectivity index (χ1) is 13.0. The van der Waals surface area contributed by atoms with Gasteiger partial charge in [-0.3, -0.25) is 24.1 Å². The van der Waals surface area contributed by atoms with Crippen molar-refractivity contribution in [2.75, 3.05) is 13.1 Å². The molecule has 2 aromatic carbocycles. The van der Waals surface area contributed by atoms with E-state index in [4.69, 9.17) is 11.6 Å². The Morgan fingerprint density at radius 2 is 1.22 bits per heavy atom. The zero-order valence-corrected chi connectivity index (χ0v) is 14.7. The average Bonchev–Trinajstić information content (AvgIpc) is 2.94. The second-order valence-electron chi connectivity index (χ2n) is 6.13. The molecule has 0 spiro atoms. The van der Waals surface area contributed by atoms with Gasteiger partial charge in [-0.05, 0) is 12.1 Å². The van der Waals surface area contributed by atoms with Crippen LogP contribution in [0.2, 0.25) is 0 Å². The van der Waals surface area contributed by atoms with Crippen molar-refractivity contribution in [2.24, 2.45) is 0 Å². The molecule has 1 heterocycles. The van der Waals surface area contributed by atoms with Crippen LogP contribution in [0.1, 0.15) is 41.4 Å². The normalized spacial score (nSPS) is 16.0. The van der Waals surface area contributed by atoms with Crippen LogP contribution < -0.4 is 5.32 Å². The van der Waals surface area contributed by atoms with Crippen LogP contribution in [0.4, 0.5) is 0 Å². The lowest BCUT2D eigenvalue weighted by Crippen LogP contribution is -2.38. The molecule has 0 aromatic heterocycles. The Kier molecular flexibility index (Phi) is 4.12. The van der Waals surface area contributed by atoms with E-state index < -0.39 is 11.6 Å². The fourth-order valence-corrected chi connectivity index (χ4v) is 3.49. The van der Waals surface area contributed by atoms with Crippen LogP contribution in [-0.2, 0) is 0 Å².